The fraction of sp³-hybridized carbons (Fsp3) is 0.867. The lowest BCUT2D eigenvalue weighted by molar-refractivity contribution is 0.478. The van der Waals surface area contributed by atoms with Gasteiger partial charge < -0.3 is 0 Å². The summed E-state index contributed by atoms with van der Waals surface area (Å²) in [5, 5.41) is 8.42. The summed E-state index contributed by atoms with van der Waals surface area (Å²) in [6.45, 7) is 10.1. The molecule has 0 radical (unpaired) electrons. The van der Waals surface area contributed by atoms with E-state index in [2.05, 4.69) is 44.2 Å². The van der Waals surface area contributed by atoms with Crippen molar-refractivity contribution in [3.63, 3.8) is 0 Å². The van der Waals surface area contributed by atoms with Crippen LogP contribution >= 0.6 is 0 Å². The van der Waals surface area contributed by atoms with E-state index in [4.69, 9.17) is 0 Å². The van der Waals surface area contributed by atoms with Crippen LogP contribution in [0.2, 0.25) is 0 Å². The van der Waals surface area contributed by atoms with E-state index in [1.165, 1.54) is 32.1 Å². The largest absolute Gasteiger partial charge is 0.252 e. The molecule has 0 spiro atoms. The van der Waals surface area contributed by atoms with E-state index in [9.17, 15) is 0 Å². The molecule has 3 heteroatoms. The molecule has 1 aromatic heterocycles. The molecular weight excluding hydrogens is 222 g/mol. The zero-order chi connectivity index (χ0) is 13.4. The molecule has 104 valence electrons. The fourth-order valence-corrected chi connectivity index (χ4v) is 1.99. The molecule has 0 bridgehead atoms. The van der Waals surface area contributed by atoms with Gasteiger partial charge in [-0.2, -0.15) is 0 Å². The Morgan fingerprint density at radius 1 is 1.00 bits per heavy atom. The maximum atomic E-state index is 4.24. The predicted molar refractivity (Wildman–Crippen MR) is 76.5 cm³/mol. The first kappa shape index (κ1) is 15.2. The topological polar surface area (TPSA) is 30.7 Å². The molecule has 0 aromatic carbocycles. The van der Waals surface area contributed by atoms with Crippen LogP contribution in [0.5, 0.6) is 0 Å². The van der Waals surface area contributed by atoms with Gasteiger partial charge in [0.1, 0.15) is 0 Å². The van der Waals surface area contributed by atoms with Crippen LogP contribution in [0.25, 0.3) is 0 Å². The Morgan fingerprint density at radius 3 is 2.39 bits per heavy atom. The van der Waals surface area contributed by atoms with E-state index >= 15 is 0 Å². The number of aryl methyl sites for hydroxylation is 2. The number of nitrogens with zero attached hydrogens (tertiary/aromatic N) is 3. The van der Waals surface area contributed by atoms with Gasteiger partial charge in [-0.15, -0.1) is 5.10 Å². The van der Waals surface area contributed by atoms with Gasteiger partial charge in [0.2, 0.25) is 0 Å². The standard InChI is InChI=1S/C15H29N3/c1-13(2)8-6-5-7-9-15-12-18(17-16-15)11-10-14(3)4/h12-14H,5-11H2,1-4H3. The van der Waals surface area contributed by atoms with Crippen LogP contribution in [-0.4, -0.2) is 15.0 Å². The van der Waals surface area contributed by atoms with Crippen molar-refractivity contribution < 1.29 is 0 Å². The lowest BCUT2D eigenvalue weighted by Gasteiger charge is -2.03. The number of rotatable bonds is 9. The zero-order valence-corrected chi connectivity index (χ0v) is 12.5. The molecular formula is C15H29N3. The Labute approximate surface area is 112 Å². The van der Waals surface area contributed by atoms with E-state index in [-0.39, 0.29) is 0 Å². The summed E-state index contributed by atoms with van der Waals surface area (Å²) in [5.74, 6) is 1.57. The molecule has 1 heterocycles. The van der Waals surface area contributed by atoms with E-state index < -0.39 is 0 Å². The summed E-state index contributed by atoms with van der Waals surface area (Å²) >= 11 is 0. The maximum absolute atomic E-state index is 4.24. The summed E-state index contributed by atoms with van der Waals surface area (Å²) in [5.41, 5.74) is 1.16. The average Bonchev–Trinajstić information content (AvgIpc) is 2.73. The van der Waals surface area contributed by atoms with Gasteiger partial charge in [-0.1, -0.05) is 52.2 Å². The minimum Gasteiger partial charge on any atom is -0.252 e. The molecule has 0 aliphatic rings. The fourth-order valence-electron chi connectivity index (χ4n) is 1.99. The zero-order valence-electron chi connectivity index (χ0n) is 12.5. The molecule has 1 rings (SSSR count). The van der Waals surface area contributed by atoms with Crippen molar-refractivity contribution in [1.29, 1.82) is 0 Å². The summed E-state index contributed by atoms with van der Waals surface area (Å²) in [6, 6.07) is 0. The number of hydrogen-bond acceptors (Lipinski definition) is 2. The Balaban J connectivity index is 2.15. The quantitative estimate of drug-likeness (QED) is 0.619. The first-order valence-corrected chi connectivity index (χ1v) is 7.47. The molecule has 1 aromatic rings. The SMILES string of the molecule is CC(C)CCCCCc1cn(CCC(C)C)nn1. The van der Waals surface area contributed by atoms with Gasteiger partial charge in [0.15, 0.2) is 0 Å². The van der Waals surface area contributed by atoms with Crippen molar-refractivity contribution in [2.75, 3.05) is 0 Å². The van der Waals surface area contributed by atoms with Crippen LogP contribution in [0, 0.1) is 11.8 Å². The highest BCUT2D eigenvalue weighted by molar-refractivity contribution is 4.92. The average molecular weight is 251 g/mol. The Kier molecular flexibility index (Phi) is 6.99. The van der Waals surface area contributed by atoms with Crippen molar-refractivity contribution in [2.45, 2.75) is 72.8 Å². The molecule has 0 amide bonds. The number of hydrogen-bond donors (Lipinski definition) is 0. The summed E-state index contributed by atoms with van der Waals surface area (Å²) in [4.78, 5) is 0. The van der Waals surface area contributed by atoms with Gasteiger partial charge in [0.05, 0.1) is 5.69 Å². The minimum absolute atomic E-state index is 0.730. The van der Waals surface area contributed by atoms with Crippen LogP contribution < -0.4 is 0 Å². The number of unbranched alkanes of at least 4 members (excludes halogenated alkanes) is 2. The minimum atomic E-state index is 0.730. The maximum Gasteiger partial charge on any atom is 0.0827 e. The smallest absolute Gasteiger partial charge is 0.0827 e. The molecule has 0 aliphatic carbocycles. The van der Waals surface area contributed by atoms with E-state index in [1.54, 1.807) is 0 Å². The Bertz CT molecular complexity index is 315. The molecule has 0 fully saturated rings. The first-order chi connectivity index (χ1) is 8.58. The highest BCUT2D eigenvalue weighted by Crippen LogP contribution is 2.10. The van der Waals surface area contributed by atoms with Crippen molar-refractivity contribution in [1.82, 2.24) is 15.0 Å². The van der Waals surface area contributed by atoms with Crippen LogP contribution in [0.15, 0.2) is 6.20 Å². The van der Waals surface area contributed by atoms with Crippen molar-refractivity contribution >= 4 is 0 Å². The predicted octanol–water partition coefficient (Wildman–Crippen LogP) is 4.08. The molecule has 3 nitrogen and oxygen atoms in total. The lowest BCUT2D eigenvalue weighted by Crippen LogP contribution is -2.01. The van der Waals surface area contributed by atoms with Gasteiger partial charge in [-0.3, -0.25) is 4.68 Å². The van der Waals surface area contributed by atoms with Crippen LogP contribution in [0.1, 0.15) is 65.5 Å². The third-order valence-corrected chi connectivity index (χ3v) is 3.24. The Hall–Kier alpha value is -0.860. The molecule has 0 saturated heterocycles. The highest BCUT2D eigenvalue weighted by Gasteiger charge is 2.02. The molecule has 18 heavy (non-hydrogen) atoms. The van der Waals surface area contributed by atoms with E-state index in [0.717, 1.165) is 30.5 Å². The van der Waals surface area contributed by atoms with E-state index in [1.807, 2.05) is 4.68 Å². The second-order valence-electron chi connectivity index (χ2n) is 6.15. The van der Waals surface area contributed by atoms with Gasteiger partial charge in [0.25, 0.3) is 0 Å². The molecule has 0 saturated carbocycles. The van der Waals surface area contributed by atoms with Gasteiger partial charge in [0, 0.05) is 12.7 Å². The van der Waals surface area contributed by atoms with Crippen LogP contribution in [-0.2, 0) is 13.0 Å². The van der Waals surface area contributed by atoms with E-state index in [0.29, 0.717) is 0 Å². The lowest BCUT2D eigenvalue weighted by atomic mass is 10.0. The van der Waals surface area contributed by atoms with Crippen molar-refractivity contribution in [3.8, 4) is 0 Å². The number of aromatic nitrogens is 3. The normalized spacial score (nSPS) is 11.7. The van der Waals surface area contributed by atoms with Gasteiger partial charge >= 0.3 is 0 Å². The first-order valence-electron chi connectivity index (χ1n) is 7.47. The molecule has 0 N–H and O–H groups in total. The van der Waals surface area contributed by atoms with Crippen LogP contribution in [0.4, 0.5) is 0 Å². The van der Waals surface area contributed by atoms with Gasteiger partial charge in [-0.25, -0.2) is 0 Å². The molecule has 0 atom stereocenters. The van der Waals surface area contributed by atoms with Crippen molar-refractivity contribution in [3.05, 3.63) is 11.9 Å². The molecule has 0 aliphatic heterocycles. The van der Waals surface area contributed by atoms with Gasteiger partial charge in [-0.05, 0) is 31.1 Å². The second kappa shape index (κ2) is 8.28. The van der Waals surface area contributed by atoms with Crippen molar-refractivity contribution in [2.24, 2.45) is 11.8 Å². The second-order valence-corrected chi connectivity index (χ2v) is 6.15. The summed E-state index contributed by atoms with van der Waals surface area (Å²) in [7, 11) is 0. The third kappa shape index (κ3) is 6.77. The Morgan fingerprint density at radius 2 is 1.72 bits per heavy atom. The van der Waals surface area contributed by atoms with Crippen LogP contribution in [0.3, 0.4) is 0 Å². The summed E-state index contributed by atoms with van der Waals surface area (Å²) in [6.07, 6.45) is 9.63. The molecule has 0 unspecified atom stereocenters. The monoisotopic (exact) mass is 251 g/mol. The summed E-state index contributed by atoms with van der Waals surface area (Å²) < 4.78 is 1.99. The third-order valence-electron chi connectivity index (χ3n) is 3.24. The highest BCUT2D eigenvalue weighted by atomic mass is 15.4.